The molecule has 3 rings (SSSR count). The summed E-state index contributed by atoms with van der Waals surface area (Å²) in [7, 11) is 1.57. The van der Waals surface area contributed by atoms with Gasteiger partial charge in [-0.25, -0.2) is 4.79 Å². The van der Waals surface area contributed by atoms with Crippen LogP contribution in [0.2, 0.25) is 0 Å². The Bertz CT molecular complexity index is 981. The summed E-state index contributed by atoms with van der Waals surface area (Å²) in [6, 6.07) is 14.0. The van der Waals surface area contributed by atoms with Crippen LogP contribution in [0.4, 0.5) is 17.1 Å². The second kappa shape index (κ2) is 9.13. The highest BCUT2D eigenvalue weighted by Crippen LogP contribution is 2.28. The van der Waals surface area contributed by atoms with Gasteiger partial charge in [0, 0.05) is 29.2 Å². The van der Waals surface area contributed by atoms with Crippen molar-refractivity contribution in [1.29, 1.82) is 5.41 Å². The molecule has 156 valence electrons. The Morgan fingerprint density at radius 1 is 1.17 bits per heavy atom. The number of hydrogen-bond acceptors (Lipinski definition) is 7. The van der Waals surface area contributed by atoms with Crippen LogP contribution in [-0.2, 0) is 14.3 Å². The number of nitrogens with one attached hydrogen (secondary N) is 2. The summed E-state index contributed by atoms with van der Waals surface area (Å²) in [6.07, 6.45) is 0.326. The van der Waals surface area contributed by atoms with E-state index in [1.165, 1.54) is 0 Å². The minimum atomic E-state index is -0.754. The maximum absolute atomic E-state index is 13.3. The lowest BCUT2D eigenvalue weighted by Crippen LogP contribution is -2.41. The quantitative estimate of drug-likeness (QED) is 0.368. The Morgan fingerprint density at radius 2 is 1.83 bits per heavy atom. The van der Waals surface area contributed by atoms with Crippen molar-refractivity contribution in [1.82, 2.24) is 0 Å². The molecule has 0 atom stereocenters. The molecule has 0 spiro atoms. The maximum atomic E-state index is 13.3. The molecule has 8 nitrogen and oxygen atoms in total. The molecule has 1 aliphatic heterocycles. The van der Waals surface area contributed by atoms with Crippen LogP contribution in [0.5, 0.6) is 5.75 Å². The van der Waals surface area contributed by atoms with Crippen LogP contribution in [0.25, 0.3) is 0 Å². The summed E-state index contributed by atoms with van der Waals surface area (Å²) < 4.78 is 10.1. The van der Waals surface area contributed by atoms with Crippen LogP contribution >= 0.6 is 0 Å². The Hall–Kier alpha value is -3.81. The predicted molar refractivity (Wildman–Crippen MR) is 116 cm³/mol. The number of anilines is 3. The van der Waals surface area contributed by atoms with Crippen molar-refractivity contribution < 1.29 is 19.1 Å². The minimum absolute atomic E-state index is 0.154. The summed E-state index contributed by atoms with van der Waals surface area (Å²) in [4.78, 5) is 27.1. The molecule has 0 fully saturated rings. The van der Waals surface area contributed by atoms with Crippen LogP contribution in [0.15, 0.2) is 59.8 Å². The van der Waals surface area contributed by atoms with Gasteiger partial charge in [0.2, 0.25) is 0 Å². The largest absolute Gasteiger partial charge is 0.497 e. The van der Waals surface area contributed by atoms with Crippen molar-refractivity contribution in [3.05, 3.63) is 59.8 Å². The molecule has 0 unspecified atom stereocenters. The van der Waals surface area contributed by atoms with Crippen molar-refractivity contribution >= 4 is 34.7 Å². The number of benzene rings is 2. The molecule has 0 saturated carbocycles. The first-order valence-corrected chi connectivity index (χ1v) is 9.52. The third-order valence-corrected chi connectivity index (χ3v) is 4.69. The number of carbonyl (C=O) groups is 2. The Morgan fingerprint density at radius 3 is 2.43 bits per heavy atom. The summed E-state index contributed by atoms with van der Waals surface area (Å²) in [5, 5.41) is 11.3. The van der Waals surface area contributed by atoms with Crippen LogP contribution in [-0.4, -0.2) is 37.8 Å². The molecule has 0 aromatic heterocycles. The normalized spacial score (nSPS) is 13.8. The van der Waals surface area contributed by atoms with E-state index < -0.39 is 5.97 Å². The van der Waals surface area contributed by atoms with Crippen LogP contribution in [0, 0.1) is 5.41 Å². The number of ether oxygens (including phenoxy) is 2. The first-order chi connectivity index (χ1) is 14.4. The van der Waals surface area contributed by atoms with Crippen molar-refractivity contribution in [3.8, 4) is 5.75 Å². The average molecular weight is 408 g/mol. The lowest BCUT2D eigenvalue weighted by molar-refractivity contribution is -0.135. The lowest BCUT2D eigenvalue weighted by Gasteiger charge is -2.31. The number of methoxy groups -OCH3 is 1. The second-order valence-electron chi connectivity index (χ2n) is 6.60. The number of hydrogen-bond donors (Lipinski definition) is 3. The summed E-state index contributed by atoms with van der Waals surface area (Å²) >= 11 is 0. The summed E-state index contributed by atoms with van der Waals surface area (Å²) in [6.45, 7) is 2.15. The summed E-state index contributed by atoms with van der Waals surface area (Å²) in [5.41, 5.74) is 7.83. The molecule has 2 aromatic carbocycles. The van der Waals surface area contributed by atoms with E-state index in [-0.39, 0.29) is 23.9 Å². The first kappa shape index (κ1) is 20.9. The smallest absolute Gasteiger partial charge is 0.356 e. The van der Waals surface area contributed by atoms with Crippen LogP contribution in [0.1, 0.15) is 13.3 Å². The van der Waals surface area contributed by atoms with E-state index in [1.807, 2.05) is 0 Å². The molecule has 4 N–H and O–H groups in total. The van der Waals surface area contributed by atoms with E-state index >= 15 is 0 Å². The molecule has 0 aliphatic carbocycles. The van der Waals surface area contributed by atoms with Crippen molar-refractivity contribution in [2.45, 2.75) is 13.3 Å². The standard InChI is InChI=1S/C22H24N4O4/c1-3-30-22(28)19(24)18-12-13-26(16-8-4-14(23)5-9-16)21(27)20(18)25-15-6-10-17(29-2)11-7-15/h4-11,24-25H,3,12-13,23H2,1-2H3. The van der Waals surface area contributed by atoms with Gasteiger partial charge in [0.05, 0.1) is 13.7 Å². The zero-order valence-corrected chi connectivity index (χ0v) is 16.9. The first-order valence-electron chi connectivity index (χ1n) is 9.52. The summed E-state index contributed by atoms with van der Waals surface area (Å²) in [5.74, 6) is -0.423. The second-order valence-corrected chi connectivity index (χ2v) is 6.60. The zero-order valence-electron chi connectivity index (χ0n) is 16.9. The van der Waals surface area contributed by atoms with Gasteiger partial charge in [0.25, 0.3) is 5.91 Å². The van der Waals surface area contributed by atoms with Crippen LogP contribution < -0.4 is 20.7 Å². The number of nitrogens with zero attached hydrogens (tertiary/aromatic N) is 1. The highest BCUT2D eigenvalue weighted by atomic mass is 16.5. The van der Waals surface area contributed by atoms with Gasteiger partial charge in [0.15, 0.2) is 0 Å². The number of rotatable bonds is 7. The van der Waals surface area contributed by atoms with E-state index in [0.29, 0.717) is 41.4 Å². The van der Waals surface area contributed by atoms with Gasteiger partial charge in [0.1, 0.15) is 17.2 Å². The topological polar surface area (TPSA) is 118 Å². The number of nitrogen functional groups attached to an aromatic ring is 1. The molecule has 1 heterocycles. The number of esters is 1. The van der Waals surface area contributed by atoms with Crippen molar-refractivity contribution in [3.63, 3.8) is 0 Å². The zero-order chi connectivity index (χ0) is 21.7. The fourth-order valence-corrected chi connectivity index (χ4v) is 3.14. The van der Waals surface area contributed by atoms with Crippen LogP contribution in [0.3, 0.4) is 0 Å². The molecule has 8 heteroatoms. The highest BCUT2D eigenvalue weighted by molar-refractivity contribution is 6.43. The molecule has 2 aromatic rings. The monoisotopic (exact) mass is 408 g/mol. The van der Waals surface area contributed by atoms with Gasteiger partial charge in [-0.15, -0.1) is 0 Å². The molecular weight excluding hydrogens is 384 g/mol. The Labute approximate surface area is 174 Å². The molecule has 30 heavy (non-hydrogen) atoms. The lowest BCUT2D eigenvalue weighted by atomic mass is 9.98. The van der Waals surface area contributed by atoms with Gasteiger partial charge in [-0.2, -0.15) is 0 Å². The Kier molecular flexibility index (Phi) is 6.36. The van der Waals surface area contributed by atoms with Gasteiger partial charge in [-0.3, -0.25) is 10.2 Å². The molecule has 0 bridgehead atoms. The number of amides is 1. The van der Waals surface area contributed by atoms with Gasteiger partial charge < -0.3 is 25.4 Å². The van der Waals surface area contributed by atoms with Crippen molar-refractivity contribution in [2.24, 2.45) is 0 Å². The molecular formula is C22H24N4O4. The third-order valence-electron chi connectivity index (χ3n) is 4.69. The molecule has 0 saturated heterocycles. The molecule has 1 aliphatic rings. The molecule has 0 radical (unpaired) electrons. The van der Waals surface area contributed by atoms with E-state index in [2.05, 4.69) is 5.32 Å². The third kappa shape index (κ3) is 4.43. The average Bonchev–Trinajstić information content (AvgIpc) is 2.76. The fourth-order valence-electron chi connectivity index (χ4n) is 3.14. The van der Waals surface area contributed by atoms with E-state index in [0.717, 1.165) is 0 Å². The highest BCUT2D eigenvalue weighted by Gasteiger charge is 2.32. The minimum Gasteiger partial charge on any atom is -0.497 e. The van der Waals surface area contributed by atoms with E-state index in [4.69, 9.17) is 20.6 Å². The van der Waals surface area contributed by atoms with Gasteiger partial charge in [-0.05, 0) is 61.9 Å². The SMILES string of the molecule is CCOC(=O)C(=N)C1=C(Nc2ccc(OC)cc2)C(=O)N(c2ccc(N)cc2)CC1. The Balaban J connectivity index is 1.98. The van der Waals surface area contributed by atoms with Gasteiger partial charge >= 0.3 is 5.97 Å². The molecule has 1 amide bonds. The predicted octanol–water partition coefficient (Wildman–Crippen LogP) is 2.96. The van der Waals surface area contributed by atoms with E-state index in [9.17, 15) is 9.59 Å². The van der Waals surface area contributed by atoms with E-state index in [1.54, 1.807) is 67.5 Å². The maximum Gasteiger partial charge on any atom is 0.356 e. The van der Waals surface area contributed by atoms with Crippen molar-refractivity contribution in [2.75, 3.05) is 36.2 Å². The number of nitrogens with two attached hydrogens (primary N) is 1. The van der Waals surface area contributed by atoms with Gasteiger partial charge in [-0.1, -0.05) is 0 Å². The number of carbonyl (C=O) groups excluding carboxylic acids is 2. The fraction of sp³-hybridized carbons (Fsp3) is 0.227.